The minimum Gasteiger partial charge on any atom is -0.589 e. The highest BCUT2D eigenvalue weighted by Crippen LogP contribution is 2.27. The van der Waals surface area contributed by atoms with Crippen molar-refractivity contribution in [2.75, 3.05) is 0 Å². The van der Waals surface area contributed by atoms with Gasteiger partial charge < -0.3 is 5.11 Å². The maximum atomic E-state index is 12.2. The van der Waals surface area contributed by atoms with Crippen LogP contribution in [-0.4, -0.2) is 5.11 Å². The highest BCUT2D eigenvalue weighted by Gasteiger charge is 2.28. The van der Waals surface area contributed by atoms with Gasteiger partial charge in [0.05, 0.1) is 0 Å². The van der Waals surface area contributed by atoms with E-state index in [0.717, 1.165) is 0 Å². The molecule has 0 heterocycles. The molecule has 0 aliphatic heterocycles. The zero-order valence-corrected chi connectivity index (χ0v) is 5.39. The van der Waals surface area contributed by atoms with Crippen molar-refractivity contribution in [1.29, 1.82) is 0 Å². The van der Waals surface area contributed by atoms with Gasteiger partial charge in [-0.15, -0.1) is 0 Å². The van der Waals surface area contributed by atoms with E-state index in [-0.39, 0.29) is 0 Å². The summed E-state index contributed by atoms with van der Waals surface area (Å²) >= 11 is 0. The van der Waals surface area contributed by atoms with E-state index in [9.17, 15) is 22.0 Å². The molecule has 1 nitrogen and oxygen atoms in total. The summed E-state index contributed by atoms with van der Waals surface area (Å²) in [7, 11) is 0. The Morgan fingerprint density at radius 1 is 0.583 bits per heavy atom. The molecule has 0 spiro atoms. The Hall–Kier alpha value is -1.33. The Labute approximate surface area is 63.1 Å². The third kappa shape index (κ3) is 0.992. The molecule has 0 fully saturated rings. The van der Waals surface area contributed by atoms with Gasteiger partial charge in [0.2, 0.25) is 17.5 Å². The van der Waals surface area contributed by atoms with Crippen molar-refractivity contribution in [3.8, 4) is 5.75 Å². The summed E-state index contributed by atoms with van der Waals surface area (Å²) in [5, 5.41) is 6.43. The summed E-state index contributed by atoms with van der Waals surface area (Å²) in [4.78, 5) is 0. The maximum Gasteiger partial charge on any atom is 0.333 e. The Morgan fingerprint density at radius 3 is 1.17 bits per heavy atom. The molecule has 0 aliphatic carbocycles. The first-order chi connectivity index (χ1) is 5.46. The third-order valence-corrected chi connectivity index (χ3v) is 1.21. The van der Waals surface area contributed by atoms with Crippen LogP contribution in [0.2, 0.25) is 0 Å². The minimum absolute atomic E-state index is 1.62. The van der Waals surface area contributed by atoms with E-state index < -0.39 is 34.8 Å². The lowest BCUT2D eigenvalue weighted by atomic mass is 10.3. The smallest absolute Gasteiger partial charge is 0.333 e. The first-order valence-corrected chi connectivity index (χ1v) is 2.69. The summed E-state index contributed by atoms with van der Waals surface area (Å²) in [6.45, 7) is 0. The lowest BCUT2D eigenvalue weighted by Crippen LogP contribution is -2.00. The number of benzene rings is 1. The Morgan fingerprint density at radius 2 is 0.833 bits per heavy atom. The van der Waals surface area contributed by atoms with Crippen LogP contribution in [0.5, 0.6) is 5.75 Å². The van der Waals surface area contributed by atoms with Crippen LogP contribution < -0.4 is 0 Å². The number of hydrogen-bond acceptors (Lipinski definition) is 0. The van der Waals surface area contributed by atoms with E-state index in [1.54, 1.807) is 0 Å². The van der Waals surface area contributed by atoms with Crippen molar-refractivity contribution in [1.82, 2.24) is 0 Å². The van der Waals surface area contributed by atoms with Crippen LogP contribution in [0.3, 0.4) is 0 Å². The van der Waals surface area contributed by atoms with Crippen molar-refractivity contribution in [3.05, 3.63) is 29.1 Å². The van der Waals surface area contributed by atoms with Gasteiger partial charge in [-0.25, -0.2) is 4.39 Å². The molecule has 1 aromatic rings. The molecule has 6 heteroatoms. The Kier molecular flexibility index (Phi) is 1.91. The van der Waals surface area contributed by atoms with Gasteiger partial charge in [-0.3, -0.25) is 0 Å². The van der Waals surface area contributed by atoms with E-state index in [4.69, 9.17) is 5.11 Å². The molecule has 0 unspecified atom stereocenters. The lowest BCUT2D eigenvalue weighted by Gasteiger charge is -1.98. The van der Waals surface area contributed by atoms with Gasteiger partial charge in [-0.2, -0.15) is 17.6 Å². The summed E-state index contributed by atoms with van der Waals surface area (Å²) in [5.74, 6) is -12.3. The fourth-order valence-corrected chi connectivity index (χ4v) is 0.605. The van der Waals surface area contributed by atoms with Crippen LogP contribution in [0.15, 0.2) is 0 Å². The molecule has 2 N–H and O–H groups in total. The van der Waals surface area contributed by atoms with E-state index in [0.29, 0.717) is 0 Å². The molecule has 12 heavy (non-hydrogen) atoms. The minimum atomic E-state index is -2.25. The SMILES string of the molecule is [OH2+]c1c(F)c(F)c(F)c(F)c1F. The zero-order valence-electron chi connectivity index (χ0n) is 5.39. The molecular formula is C6H2F5O+. The van der Waals surface area contributed by atoms with Crippen molar-refractivity contribution >= 4 is 0 Å². The molecule has 0 radical (unpaired) electrons. The first-order valence-electron chi connectivity index (χ1n) is 2.69. The van der Waals surface area contributed by atoms with Gasteiger partial charge >= 0.3 is 5.75 Å². The van der Waals surface area contributed by atoms with Crippen LogP contribution >= 0.6 is 0 Å². The molecule has 0 saturated carbocycles. The van der Waals surface area contributed by atoms with Crippen LogP contribution in [0.4, 0.5) is 22.0 Å². The maximum absolute atomic E-state index is 12.2. The van der Waals surface area contributed by atoms with Crippen molar-refractivity contribution in [2.45, 2.75) is 0 Å². The number of rotatable bonds is 0. The summed E-state index contributed by atoms with van der Waals surface area (Å²) < 4.78 is 60.9. The summed E-state index contributed by atoms with van der Waals surface area (Å²) in [6.07, 6.45) is 0. The van der Waals surface area contributed by atoms with Gasteiger partial charge in [0.1, 0.15) is 0 Å². The topological polar surface area (TPSA) is 22.9 Å². The van der Waals surface area contributed by atoms with E-state index in [1.165, 1.54) is 0 Å². The standard InChI is InChI=1S/C6HF5O/c7-1-2(8)4(10)6(12)5(11)3(1)9/h12H/p+1. The average Bonchev–Trinajstić information content (AvgIpc) is 2.08. The van der Waals surface area contributed by atoms with Crippen LogP contribution in [-0.2, 0) is 0 Å². The molecule has 0 atom stereocenters. The fraction of sp³-hybridized carbons (Fsp3) is 0. The molecule has 0 amide bonds. The van der Waals surface area contributed by atoms with E-state index >= 15 is 0 Å². The predicted octanol–water partition coefficient (Wildman–Crippen LogP) is 1.82. The molecule has 0 saturated heterocycles. The highest BCUT2D eigenvalue weighted by molar-refractivity contribution is 5.27. The van der Waals surface area contributed by atoms with Crippen LogP contribution in [0.25, 0.3) is 0 Å². The second-order valence-electron chi connectivity index (χ2n) is 1.94. The molecule has 1 aromatic carbocycles. The largest absolute Gasteiger partial charge is 0.589 e. The highest BCUT2D eigenvalue weighted by atomic mass is 19.2. The van der Waals surface area contributed by atoms with Gasteiger partial charge in [0, 0.05) is 0 Å². The van der Waals surface area contributed by atoms with Crippen molar-refractivity contribution in [2.24, 2.45) is 0 Å². The van der Waals surface area contributed by atoms with Crippen molar-refractivity contribution in [3.63, 3.8) is 0 Å². The Balaban J connectivity index is 3.60. The monoisotopic (exact) mass is 185 g/mol. The second-order valence-corrected chi connectivity index (χ2v) is 1.94. The molecular weight excluding hydrogens is 183 g/mol. The average molecular weight is 185 g/mol. The lowest BCUT2D eigenvalue weighted by molar-refractivity contribution is 0.325. The zero-order chi connectivity index (χ0) is 9.46. The van der Waals surface area contributed by atoms with E-state index in [2.05, 4.69) is 0 Å². The first kappa shape index (κ1) is 8.76. The summed E-state index contributed by atoms with van der Waals surface area (Å²) in [6, 6.07) is 0. The molecule has 66 valence electrons. The van der Waals surface area contributed by atoms with Gasteiger partial charge in [0.25, 0.3) is 11.6 Å². The number of halogens is 5. The predicted molar refractivity (Wildman–Crippen MR) is 29.3 cm³/mol. The molecule has 0 aromatic heterocycles. The van der Waals surface area contributed by atoms with E-state index in [1.807, 2.05) is 0 Å². The summed E-state index contributed by atoms with van der Waals surface area (Å²) in [5.41, 5.74) is 0. The normalized spacial score (nSPS) is 10.4. The third-order valence-electron chi connectivity index (χ3n) is 1.21. The van der Waals surface area contributed by atoms with Crippen LogP contribution in [0.1, 0.15) is 0 Å². The van der Waals surface area contributed by atoms with Crippen molar-refractivity contribution < 1.29 is 27.1 Å². The fourth-order valence-electron chi connectivity index (χ4n) is 0.605. The molecule has 0 aliphatic rings. The number of hydrogen-bond donors (Lipinski definition) is 0. The quantitative estimate of drug-likeness (QED) is 0.254. The Bertz CT molecular complexity index is 230. The van der Waals surface area contributed by atoms with Gasteiger partial charge in [0.15, 0.2) is 0 Å². The molecule has 0 bridgehead atoms. The van der Waals surface area contributed by atoms with Gasteiger partial charge in [-0.05, 0) is 0 Å². The van der Waals surface area contributed by atoms with Crippen LogP contribution in [0, 0.1) is 29.1 Å². The van der Waals surface area contributed by atoms with Gasteiger partial charge in [-0.1, -0.05) is 0 Å². The molecule has 1 rings (SSSR count). The second kappa shape index (κ2) is 2.62.